The van der Waals surface area contributed by atoms with Gasteiger partial charge in [0.1, 0.15) is 5.69 Å². The van der Waals surface area contributed by atoms with Gasteiger partial charge in [-0.1, -0.05) is 13.8 Å². The van der Waals surface area contributed by atoms with Crippen LogP contribution in [0.5, 0.6) is 0 Å². The fraction of sp³-hybridized carbons (Fsp3) is 0.643. The molecule has 0 saturated heterocycles. The first-order valence-electron chi connectivity index (χ1n) is 6.90. The summed E-state index contributed by atoms with van der Waals surface area (Å²) in [5.41, 5.74) is 0.711. The molecule has 5 heteroatoms. The van der Waals surface area contributed by atoms with Crippen LogP contribution in [0.15, 0.2) is 16.7 Å². The Kier molecular flexibility index (Phi) is 7.82. The molecule has 1 aromatic heterocycles. The first kappa shape index (κ1) is 16.2. The van der Waals surface area contributed by atoms with Gasteiger partial charge in [0.05, 0.1) is 0 Å². The van der Waals surface area contributed by atoms with Gasteiger partial charge >= 0.3 is 0 Å². The van der Waals surface area contributed by atoms with Crippen LogP contribution in [-0.4, -0.2) is 30.2 Å². The SMILES string of the molecule is CCCOCCCNC(=O)c1cc(Br)cn1CCC. The Bertz CT molecular complexity index is 391. The van der Waals surface area contributed by atoms with Crippen LogP contribution in [0.3, 0.4) is 0 Å². The summed E-state index contributed by atoms with van der Waals surface area (Å²) < 4.78 is 8.29. The van der Waals surface area contributed by atoms with Gasteiger partial charge in [-0.3, -0.25) is 4.79 Å². The lowest BCUT2D eigenvalue weighted by atomic mass is 10.3. The van der Waals surface area contributed by atoms with Crippen LogP contribution in [0.2, 0.25) is 0 Å². The Balaban J connectivity index is 2.36. The van der Waals surface area contributed by atoms with Gasteiger partial charge in [-0.2, -0.15) is 0 Å². The second-order valence-corrected chi connectivity index (χ2v) is 5.37. The van der Waals surface area contributed by atoms with Crippen molar-refractivity contribution >= 4 is 21.8 Å². The molecule has 0 atom stereocenters. The number of carbonyl (C=O) groups is 1. The molecule has 1 aromatic rings. The number of aromatic nitrogens is 1. The van der Waals surface area contributed by atoms with Crippen molar-refractivity contribution in [1.82, 2.24) is 9.88 Å². The van der Waals surface area contributed by atoms with E-state index in [0.29, 0.717) is 18.8 Å². The van der Waals surface area contributed by atoms with E-state index >= 15 is 0 Å². The van der Waals surface area contributed by atoms with Crippen LogP contribution in [0, 0.1) is 0 Å². The largest absolute Gasteiger partial charge is 0.381 e. The van der Waals surface area contributed by atoms with E-state index in [0.717, 1.165) is 36.9 Å². The highest BCUT2D eigenvalue weighted by atomic mass is 79.9. The van der Waals surface area contributed by atoms with E-state index in [4.69, 9.17) is 4.74 Å². The molecule has 108 valence electrons. The molecule has 0 aromatic carbocycles. The number of nitrogens with one attached hydrogen (secondary N) is 1. The lowest BCUT2D eigenvalue weighted by Gasteiger charge is -2.08. The molecule has 0 aliphatic carbocycles. The van der Waals surface area contributed by atoms with Crippen LogP contribution in [-0.2, 0) is 11.3 Å². The van der Waals surface area contributed by atoms with Crippen LogP contribution >= 0.6 is 15.9 Å². The third-order valence-electron chi connectivity index (χ3n) is 2.66. The third-order valence-corrected chi connectivity index (χ3v) is 3.09. The molecule has 19 heavy (non-hydrogen) atoms. The number of aryl methyl sites for hydroxylation is 1. The molecule has 1 amide bonds. The van der Waals surface area contributed by atoms with Gasteiger partial charge in [-0.05, 0) is 41.3 Å². The maximum atomic E-state index is 12.0. The summed E-state index contributed by atoms with van der Waals surface area (Å²) in [5.74, 6) is -0.0189. The molecule has 0 fully saturated rings. The summed E-state index contributed by atoms with van der Waals surface area (Å²) in [6, 6.07) is 1.86. The average molecular weight is 331 g/mol. The Morgan fingerprint density at radius 2 is 2.16 bits per heavy atom. The Labute approximate surface area is 123 Å². The highest BCUT2D eigenvalue weighted by molar-refractivity contribution is 9.10. The molecular weight excluding hydrogens is 308 g/mol. The lowest BCUT2D eigenvalue weighted by molar-refractivity contribution is 0.0932. The van der Waals surface area contributed by atoms with E-state index in [2.05, 4.69) is 35.1 Å². The summed E-state index contributed by atoms with van der Waals surface area (Å²) in [6.45, 7) is 7.18. The Morgan fingerprint density at radius 1 is 1.37 bits per heavy atom. The molecule has 0 saturated carbocycles. The number of ether oxygens (including phenoxy) is 1. The highest BCUT2D eigenvalue weighted by Gasteiger charge is 2.11. The zero-order valence-electron chi connectivity index (χ0n) is 11.7. The monoisotopic (exact) mass is 330 g/mol. The maximum Gasteiger partial charge on any atom is 0.267 e. The molecule has 0 radical (unpaired) electrons. The van der Waals surface area contributed by atoms with E-state index in [1.807, 2.05) is 16.8 Å². The predicted octanol–water partition coefficient (Wildman–Crippen LogP) is 3.21. The quantitative estimate of drug-likeness (QED) is 0.706. The molecule has 4 nitrogen and oxygen atoms in total. The van der Waals surface area contributed by atoms with Crippen LogP contribution in [0.1, 0.15) is 43.6 Å². The Morgan fingerprint density at radius 3 is 2.84 bits per heavy atom. The van der Waals surface area contributed by atoms with E-state index in [1.165, 1.54) is 0 Å². The van der Waals surface area contributed by atoms with Crippen molar-refractivity contribution in [1.29, 1.82) is 0 Å². The molecule has 1 heterocycles. The van der Waals surface area contributed by atoms with Gasteiger partial charge in [0, 0.05) is 37.0 Å². The molecular formula is C14H23BrN2O2. The minimum atomic E-state index is -0.0189. The van der Waals surface area contributed by atoms with Crippen molar-refractivity contribution in [3.05, 3.63) is 22.4 Å². The standard InChI is InChI=1S/C14H23BrN2O2/c1-3-7-17-11-12(15)10-13(17)14(18)16-6-5-9-19-8-4-2/h10-11H,3-9H2,1-2H3,(H,16,18). The van der Waals surface area contributed by atoms with Crippen LogP contribution < -0.4 is 5.32 Å². The van der Waals surface area contributed by atoms with Crippen molar-refractivity contribution in [2.45, 2.75) is 39.7 Å². The molecule has 0 spiro atoms. The zero-order chi connectivity index (χ0) is 14.1. The number of halogens is 1. The minimum absolute atomic E-state index is 0.0189. The normalized spacial score (nSPS) is 10.7. The van der Waals surface area contributed by atoms with Gasteiger partial charge in [-0.25, -0.2) is 0 Å². The third kappa shape index (κ3) is 5.78. The number of hydrogen-bond donors (Lipinski definition) is 1. The van der Waals surface area contributed by atoms with Crippen molar-refractivity contribution in [3.8, 4) is 0 Å². The Hall–Kier alpha value is -0.810. The number of hydrogen-bond acceptors (Lipinski definition) is 2. The molecule has 0 bridgehead atoms. The highest BCUT2D eigenvalue weighted by Crippen LogP contribution is 2.15. The van der Waals surface area contributed by atoms with Crippen LogP contribution in [0.25, 0.3) is 0 Å². The zero-order valence-corrected chi connectivity index (χ0v) is 13.3. The van der Waals surface area contributed by atoms with Crippen molar-refractivity contribution in [3.63, 3.8) is 0 Å². The topological polar surface area (TPSA) is 43.3 Å². The molecule has 0 aliphatic heterocycles. The first-order chi connectivity index (χ1) is 9.19. The minimum Gasteiger partial charge on any atom is -0.381 e. The second-order valence-electron chi connectivity index (χ2n) is 4.46. The molecule has 1 rings (SSSR count). The van der Waals surface area contributed by atoms with Gasteiger partial charge in [0.25, 0.3) is 5.91 Å². The van der Waals surface area contributed by atoms with Crippen molar-refractivity contribution in [2.24, 2.45) is 0 Å². The van der Waals surface area contributed by atoms with Gasteiger partial charge < -0.3 is 14.6 Å². The van der Waals surface area contributed by atoms with E-state index in [1.54, 1.807) is 0 Å². The molecule has 0 aliphatic rings. The first-order valence-corrected chi connectivity index (χ1v) is 7.70. The average Bonchev–Trinajstić information content (AvgIpc) is 2.75. The van der Waals surface area contributed by atoms with Gasteiger partial charge in [0.15, 0.2) is 0 Å². The maximum absolute atomic E-state index is 12.0. The van der Waals surface area contributed by atoms with E-state index < -0.39 is 0 Å². The van der Waals surface area contributed by atoms with E-state index in [9.17, 15) is 4.79 Å². The number of amides is 1. The number of carbonyl (C=O) groups excluding carboxylic acids is 1. The molecule has 0 unspecified atom stereocenters. The molecule has 1 N–H and O–H groups in total. The summed E-state index contributed by atoms with van der Waals surface area (Å²) >= 11 is 3.41. The number of nitrogens with zero attached hydrogens (tertiary/aromatic N) is 1. The predicted molar refractivity (Wildman–Crippen MR) is 80.5 cm³/mol. The summed E-state index contributed by atoms with van der Waals surface area (Å²) in [4.78, 5) is 12.0. The fourth-order valence-electron chi connectivity index (χ4n) is 1.80. The summed E-state index contributed by atoms with van der Waals surface area (Å²) in [7, 11) is 0. The van der Waals surface area contributed by atoms with Crippen LogP contribution in [0.4, 0.5) is 0 Å². The number of rotatable bonds is 9. The lowest BCUT2D eigenvalue weighted by Crippen LogP contribution is -2.27. The van der Waals surface area contributed by atoms with Crippen molar-refractivity contribution < 1.29 is 9.53 Å². The summed E-state index contributed by atoms with van der Waals surface area (Å²) in [5, 5.41) is 2.93. The second kappa shape index (κ2) is 9.15. The summed E-state index contributed by atoms with van der Waals surface area (Å²) in [6.07, 6.45) is 4.83. The van der Waals surface area contributed by atoms with E-state index in [-0.39, 0.29) is 5.91 Å². The van der Waals surface area contributed by atoms with Crippen molar-refractivity contribution in [2.75, 3.05) is 19.8 Å². The van der Waals surface area contributed by atoms with Gasteiger partial charge in [-0.15, -0.1) is 0 Å². The smallest absolute Gasteiger partial charge is 0.267 e. The fourth-order valence-corrected chi connectivity index (χ4v) is 2.27. The van der Waals surface area contributed by atoms with Gasteiger partial charge in [0.2, 0.25) is 0 Å².